The molecule has 4 aliphatic carbocycles. The van der Waals surface area contributed by atoms with E-state index in [0.717, 1.165) is 48.9 Å². The lowest BCUT2D eigenvalue weighted by molar-refractivity contribution is -0.130. The summed E-state index contributed by atoms with van der Waals surface area (Å²) in [6.45, 7) is 6.30. The Bertz CT molecular complexity index is 496. The Morgan fingerprint density at radius 3 is 2.39 bits per heavy atom. The number of carbonyl (C=O) groups is 1. The van der Waals surface area contributed by atoms with Crippen molar-refractivity contribution in [2.24, 2.45) is 40.9 Å². The summed E-state index contributed by atoms with van der Waals surface area (Å²) < 4.78 is 0. The van der Waals surface area contributed by atoms with E-state index in [1.54, 1.807) is 0 Å². The molecule has 2 nitrogen and oxygen atoms in total. The quantitative estimate of drug-likeness (QED) is 0.767. The SMILES string of the molecule is CC(=O)C1CCC2C3CCC4C[C@](C)(O)CCC4C3CC[C@]12C. The predicted octanol–water partition coefficient (Wildman–Crippen LogP) is 4.60. The third kappa shape index (κ3) is 2.42. The summed E-state index contributed by atoms with van der Waals surface area (Å²) in [4.78, 5) is 12.1. The van der Waals surface area contributed by atoms with Crippen molar-refractivity contribution in [3.05, 3.63) is 0 Å². The zero-order chi connectivity index (χ0) is 16.4. The maximum absolute atomic E-state index is 12.1. The normalized spacial score (nSPS) is 55.7. The first-order chi connectivity index (χ1) is 10.8. The predicted molar refractivity (Wildman–Crippen MR) is 91.9 cm³/mol. The Hall–Kier alpha value is -0.370. The summed E-state index contributed by atoms with van der Waals surface area (Å²) in [5, 5.41) is 10.5. The third-order valence-electron chi connectivity index (χ3n) is 8.73. The smallest absolute Gasteiger partial charge is 0.133 e. The van der Waals surface area contributed by atoms with Crippen molar-refractivity contribution in [2.45, 2.75) is 84.2 Å². The maximum atomic E-state index is 12.1. The summed E-state index contributed by atoms with van der Waals surface area (Å²) in [7, 11) is 0. The Morgan fingerprint density at radius 1 is 0.913 bits per heavy atom. The molecule has 0 aliphatic heterocycles. The topological polar surface area (TPSA) is 37.3 Å². The van der Waals surface area contributed by atoms with E-state index in [2.05, 4.69) is 6.92 Å². The average molecular weight is 319 g/mol. The van der Waals surface area contributed by atoms with Crippen molar-refractivity contribution >= 4 is 5.78 Å². The summed E-state index contributed by atoms with van der Waals surface area (Å²) in [6, 6.07) is 0. The van der Waals surface area contributed by atoms with Crippen molar-refractivity contribution in [1.29, 1.82) is 0 Å². The molecule has 0 saturated heterocycles. The minimum absolute atomic E-state index is 0.292. The van der Waals surface area contributed by atoms with E-state index in [1.165, 1.54) is 38.5 Å². The highest BCUT2D eigenvalue weighted by atomic mass is 16.3. The number of carbonyl (C=O) groups excluding carboxylic acids is 1. The van der Waals surface area contributed by atoms with Gasteiger partial charge in [0.25, 0.3) is 0 Å². The average Bonchev–Trinajstić information content (AvgIpc) is 2.83. The first-order valence-corrected chi connectivity index (χ1v) is 10.0. The van der Waals surface area contributed by atoms with Gasteiger partial charge in [-0.05, 0) is 107 Å². The Labute approximate surface area is 141 Å². The second-order valence-corrected chi connectivity index (χ2v) is 9.96. The van der Waals surface area contributed by atoms with Crippen LogP contribution in [-0.2, 0) is 4.79 Å². The van der Waals surface area contributed by atoms with Gasteiger partial charge in [-0.1, -0.05) is 6.92 Å². The first-order valence-electron chi connectivity index (χ1n) is 10.0. The fraction of sp³-hybridized carbons (Fsp3) is 0.952. The summed E-state index contributed by atoms with van der Waals surface area (Å²) in [6.07, 6.45) is 11.0. The molecule has 2 heteroatoms. The monoisotopic (exact) mass is 318 g/mol. The molecule has 8 atom stereocenters. The molecule has 0 amide bonds. The van der Waals surface area contributed by atoms with Crippen LogP contribution in [0.2, 0.25) is 0 Å². The second-order valence-electron chi connectivity index (χ2n) is 9.96. The molecule has 4 rings (SSSR count). The molecule has 0 aromatic carbocycles. The highest BCUT2D eigenvalue weighted by molar-refractivity contribution is 5.79. The van der Waals surface area contributed by atoms with Crippen molar-refractivity contribution in [3.63, 3.8) is 0 Å². The van der Waals surface area contributed by atoms with Gasteiger partial charge in [0.15, 0.2) is 0 Å². The fourth-order valence-electron chi connectivity index (χ4n) is 7.75. The molecule has 1 N–H and O–H groups in total. The maximum Gasteiger partial charge on any atom is 0.133 e. The molecule has 0 bridgehead atoms. The van der Waals surface area contributed by atoms with Gasteiger partial charge in [0.2, 0.25) is 0 Å². The Kier molecular flexibility index (Phi) is 3.72. The number of fused-ring (bicyclic) bond motifs is 5. The third-order valence-corrected chi connectivity index (χ3v) is 8.73. The van der Waals surface area contributed by atoms with Gasteiger partial charge in [-0.2, -0.15) is 0 Å². The van der Waals surface area contributed by atoms with E-state index in [4.69, 9.17) is 0 Å². The molecular formula is C21H34O2. The van der Waals surface area contributed by atoms with Gasteiger partial charge in [0.1, 0.15) is 5.78 Å². The van der Waals surface area contributed by atoms with Gasteiger partial charge in [-0.15, -0.1) is 0 Å². The minimum atomic E-state index is -0.412. The number of hydrogen-bond acceptors (Lipinski definition) is 2. The van der Waals surface area contributed by atoms with Crippen molar-refractivity contribution in [3.8, 4) is 0 Å². The number of aliphatic hydroxyl groups is 1. The number of Topliss-reactive ketones (excluding diaryl/α,β-unsaturated/α-hetero) is 1. The van der Waals surface area contributed by atoms with E-state index < -0.39 is 5.60 Å². The van der Waals surface area contributed by atoms with Crippen LogP contribution in [-0.4, -0.2) is 16.5 Å². The van der Waals surface area contributed by atoms with Gasteiger partial charge < -0.3 is 5.11 Å². The number of hydrogen-bond donors (Lipinski definition) is 1. The van der Waals surface area contributed by atoms with Crippen LogP contribution in [0.3, 0.4) is 0 Å². The minimum Gasteiger partial charge on any atom is -0.390 e. The zero-order valence-electron chi connectivity index (χ0n) is 15.2. The lowest BCUT2D eigenvalue weighted by Crippen LogP contribution is -2.50. The molecule has 4 aliphatic rings. The molecule has 0 aromatic heterocycles. The Morgan fingerprint density at radius 2 is 1.65 bits per heavy atom. The van der Waals surface area contributed by atoms with Crippen molar-refractivity contribution in [2.75, 3.05) is 0 Å². The standard InChI is InChI=1S/C21H34O2/c1-13(22)18-6-7-19-17-5-4-14-12-20(2,23)10-8-15(14)16(17)9-11-21(18,19)3/h14-19,23H,4-12H2,1-3H3/t14?,15?,16?,17?,18?,19?,20-,21-/m1/s1. The molecule has 0 spiro atoms. The molecule has 4 fully saturated rings. The molecule has 4 saturated carbocycles. The second kappa shape index (κ2) is 5.31. The van der Waals surface area contributed by atoms with Crippen molar-refractivity contribution in [1.82, 2.24) is 0 Å². The highest BCUT2D eigenvalue weighted by Crippen LogP contribution is 2.64. The van der Waals surface area contributed by atoms with E-state index >= 15 is 0 Å². The molecule has 0 heterocycles. The molecule has 6 unspecified atom stereocenters. The van der Waals surface area contributed by atoms with E-state index in [0.29, 0.717) is 17.1 Å². The van der Waals surface area contributed by atoms with Gasteiger partial charge in [0, 0.05) is 5.92 Å². The number of ketones is 1. The van der Waals surface area contributed by atoms with E-state index in [9.17, 15) is 9.90 Å². The largest absolute Gasteiger partial charge is 0.390 e. The van der Waals surface area contributed by atoms with E-state index in [1.807, 2.05) is 13.8 Å². The van der Waals surface area contributed by atoms with Crippen LogP contribution in [0, 0.1) is 40.9 Å². The van der Waals surface area contributed by atoms with Crippen LogP contribution in [0.25, 0.3) is 0 Å². The van der Waals surface area contributed by atoms with E-state index in [-0.39, 0.29) is 0 Å². The fourth-order valence-corrected chi connectivity index (χ4v) is 7.75. The van der Waals surface area contributed by atoms with Crippen LogP contribution < -0.4 is 0 Å². The van der Waals surface area contributed by atoms with Crippen LogP contribution in [0.15, 0.2) is 0 Å². The van der Waals surface area contributed by atoms with Crippen LogP contribution in [0.4, 0.5) is 0 Å². The molecule has 130 valence electrons. The van der Waals surface area contributed by atoms with Crippen LogP contribution >= 0.6 is 0 Å². The lowest BCUT2D eigenvalue weighted by Gasteiger charge is -2.56. The van der Waals surface area contributed by atoms with Crippen LogP contribution in [0.5, 0.6) is 0 Å². The summed E-state index contributed by atoms with van der Waals surface area (Å²) in [5.41, 5.74) is -0.121. The molecular weight excluding hydrogens is 284 g/mol. The molecule has 0 aromatic rings. The van der Waals surface area contributed by atoms with Gasteiger partial charge in [-0.3, -0.25) is 4.79 Å². The van der Waals surface area contributed by atoms with Crippen LogP contribution in [0.1, 0.15) is 78.6 Å². The first kappa shape index (κ1) is 16.1. The zero-order valence-corrected chi connectivity index (χ0v) is 15.2. The van der Waals surface area contributed by atoms with Gasteiger partial charge >= 0.3 is 0 Å². The summed E-state index contributed by atoms with van der Waals surface area (Å²) in [5.74, 6) is 4.92. The van der Waals surface area contributed by atoms with Gasteiger partial charge in [0.05, 0.1) is 5.60 Å². The van der Waals surface area contributed by atoms with Crippen molar-refractivity contribution < 1.29 is 9.90 Å². The molecule has 23 heavy (non-hydrogen) atoms. The summed E-state index contributed by atoms with van der Waals surface area (Å²) >= 11 is 0. The Balaban J connectivity index is 1.56. The van der Waals surface area contributed by atoms with Gasteiger partial charge in [-0.25, -0.2) is 0 Å². The number of rotatable bonds is 1. The lowest BCUT2D eigenvalue weighted by atomic mass is 9.49. The molecule has 0 radical (unpaired) electrons. The highest BCUT2D eigenvalue weighted by Gasteiger charge is 2.58.